The van der Waals surface area contributed by atoms with Gasteiger partial charge in [-0.15, -0.1) is 24.0 Å². The highest BCUT2D eigenvalue weighted by Gasteiger charge is 2.12. The molecule has 0 aliphatic carbocycles. The minimum absolute atomic E-state index is 0. The van der Waals surface area contributed by atoms with Crippen molar-refractivity contribution < 1.29 is 9.84 Å². The Kier molecular flexibility index (Phi) is 14.2. The molecule has 4 nitrogen and oxygen atoms in total. The first-order valence-electron chi connectivity index (χ1n) is 8.08. The molecule has 0 unspecified atom stereocenters. The van der Waals surface area contributed by atoms with Gasteiger partial charge in [0, 0.05) is 32.6 Å². The predicted octanol–water partition coefficient (Wildman–Crippen LogP) is 3.26. The number of halogens is 1. The van der Waals surface area contributed by atoms with Crippen molar-refractivity contribution in [2.75, 3.05) is 33.4 Å². The van der Waals surface area contributed by atoms with Crippen molar-refractivity contribution in [3.63, 3.8) is 0 Å². The van der Waals surface area contributed by atoms with Crippen LogP contribution in [0.1, 0.15) is 44.0 Å². The van der Waals surface area contributed by atoms with Crippen LogP contribution in [0.5, 0.6) is 0 Å². The molecule has 1 N–H and O–H groups in total. The average molecular weight is 422 g/mol. The Labute approximate surface area is 152 Å². The van der Waals surface area contributed by atoms with Crippen LogP contribution >= 0.6 is 24.0 Å². The summed E-state index contributed by atoms with van der Waals surface area (Å²) in [5.41, 5.74) is 2.44. The zero-order chi connectivity index (χ0) is 15.3. The summed E-state index contributed by atoms with van der Waals surface area (Å²) in [5.74, 6) is 0. The molecule has 2 fully saturated rings. The van der Waals surface area contributed by atoms with E-state index in [-0.39, 0.29) is 24.0 Å². The SMILES string of the molecule is C1CCOC1.CCc1cccc(CN2CCCC2)n1.CO.I. The van der Waals surface area contributed by atoms with Crippen molar-refractivity contribution >= 4 is 24.0 Å². The van der Waals surface area contributed by atoms with Gasteiger partial charge in [0.2, 0.25) is 0 Å². The molecule has 2 aliphatic rings. The third-order valence-electron chi connectivity index (χ3n) is 3.64. The van der Waals surface area contributed by atoms with Crippen LogP contribution in [0.15, 0.2) is 18.2 Å². The van der Waals surface area contributed by atoms with Crippen LogP contribution in [0.4, 0.5) is 0 Å². The highest BCUT2D eigenvalue weighted by molar-refractivity contribution is 14.0. The first-order valence-corrected chi connectivity index (χ1v) is 8.08. The molecular formula is C17H31IN2O2. The number of hydrogen-bond acceptors (Lipinski definition) is 4. The lowest BCUT2D eigenvalue weighted by atomic mass is 10.2. The first kappa shape index (κ1) is 21.8. The van der Waals surface area contributed by atoms with Crippen molar-refractivity contribution in [3.05, 3.63) is 29.6 Å². The van der Waals surface area contributed by atoms with Crippen molar-refractivity contribution in [1.82, 2.24) is 9.88 Å². The number of aryl methyl sites for hydroxylation is 1. The maximum absolute atomic E-state index is 7.00. The van der Waals surface area contributed by atoms with Crippen LogP contribution in [0.25, 0.3) is 0 Å². The molecule has 0 saturated carbocycles. The third-order valence-corrected chi connectivity index (χ3v) is 3.64. The van der Waals surface area contributed by atoms with Crippen molar-refractivity contribution in [3.8, 4) is 0 Å². The molecule has 22 heavy (non-hydrogen) atoms. The second-order valence-corrected chi connectivity index (χ2v) is 5.28. The quantitative estimate of drug-likeness (QED) is 0.760. The number of ether oxygens (including phenoxy) is 1. The molecule has 0 spiro atoms. The van der Waals surface area contributed by atoms with Crippen LogP contribution in [0.3, 0.4) is 0 Å². The van der Waals surface area contributed by atoms with Gasteiger partial charge in [0.05, 0.1) is 5.69 Å². The molecule has 0 atom stereocenters. The Balaban J connectivity index is 0.000000466. The van der Waals surface area contributed by atoms with Gasteiger partial charge >= 0.3 is 0 Å². The van der Waals surface area contributed by atoms with E-state index in [1.54, 1.807) is 0 Å². The summed E-state index contributed by atoms with van der Waals surface area (Å²) < 4.78 is 4.94. The zero-order valence-corrected chi connectivity index (χ0v) is 16.3. The van der Waals surface area contributed by atoms with Crippen LogP contribution in [-0.2, 0) is 17.7 Å². The molecule has 0 bridgehead atoms. The van der Waals surface area contributed by atoms with Gasteiger partial charge in [-0.25, -0.2) is 0 Å². The highest BCUT2D eigenvalue weighted by atomic mass is 127. The lowest BCUT2D eigenvalue weighted by Crippen LogP contribution is -2.19. The van der Waals surface area contributed by atoms with Crippen LogP contribution in [-0.4, -0.2) is 48.4 Å². The second kappa shape index (κ2) is 14.4. The predicted molar refractivity (Wildman–Crippen MR) is 102 cm³/mol. The molecule has 0 amide bonds. The summed E-state index contributed by atoms with van der Waals surface area (Å²) in [4.78, 5) is 7.10. The molecule has 1 aromatic heterocycles. The van der Waals surface area contributed by atoms with Gasteiger partial charge in [-0.2, -0.15) is 0 Å². The number of aromatic nitrogens is 1. The van der Waals surface area contributed by atoms with Gasteiger partial charge in [0.15, 0.2) is 0 Å². The maximum atomic E-state index is 7.00. The van der Waals surface area contributed by atoms with Gasteiger partial charge < -0.3 is 9.84 Å². The summed E-state index contributed by atoms with van der Waals surface area (Å²) in [6, 6.07) is 6.36. The van der Waals surface area contributed by atoms with Gasteiger partial charge in [0.25, 0.3) is 0 Å². The van der Waals surface area contributed by atoms with Crippen molar-refractivity contribution in [2.24, 2.45) is 0 Å². The van der Waals surface area contributed by atoms with Crippen LogP contribution in [0.2, 0.25) is 0 Å². The molecule has 1 aromatic rings. The second-order valence-electron chi connectivity index (χ2n) is 5.28. The van der Waals surface area contributed by atoms with Crippen LogP contribution in [0, 0.1) is 0 Å². The number of pyridine rings is 1. The largest absolute Gasteiger partial charge is 0.400 e. The summed E-state index contributed by atoms with van der Waals surface area (Å²) in [5, 5.41) is 7.00. The van der Waals surface area contributed by atoms with Crippen LogP contribution < -0.4 is 0 Å². The minimum Gasteiger partial charge on any atom is -0.400 e. The van der Waals surface area contributed by atoms with E-state index in [1.165, 1.54) is 50.2 Å². The summed E-state index contributed by atoms with van der Waals surface area (Å²) >= 11 is 0. The van der Waals surface area contributed by atoms with Crippen molar-refractivity contribution in [2.45, 2.75) is 45.6 Å². The fourth-order valence-corrected chi connectivity index (χ4v) is 2.49. The fourth-order valence-electron chi connectivity index (χ4n) is 2.49. The number of aliphatic hydroxyl groups excluding tert-OH is 1. The number of likely N-dealkylation sites (tertiary alicyclic amines) is 1. The Bertz CT molecular complexity index is 360. The first-order chi connectivity index (χ1) is 10.4. The van der Waals surface area contributed by atoms with E-state index < -0.39 is 0 Å². The average Bonchev–Trinajstić information content (AvgIpc) is 3.26. The number of rotatable bonds is 3. The normalized spacial score (nSPS) is 16.9. The summed E-state index contributed by atoms with van der Waals surface area (Å²) in [6.45, 7) is 7.69. The third kappa shape index (κ3) is 9.02. The van der Waals surface area contributed by atoms with E-state index in [0.29, 0.717) is 0 Å². The molecule has 2 saturated heterocycles. The molecular weight excluding hydrogens is 391 g/mol. The van der Waals surface area contributed by atoms with E-state index >= 15 is 0 Å². The lowest BCUT2D eigenvalue weighted by Gasteiger charge is -2.13. The zero-order valence-electron chi connectivity index (χ0n) is 14.0. The molecule has 2 aliphatic heterocycles. The number of aliphatic hydroxyl groups is 1. The Morgan fingerprint density at radius 2 is 1.64 bits per heavy atom. The topological polar surface area (TPSA) is 45.6 Å². The van der Waals surface area contributed by atoms with E-state index in [1.807, 2.05) is 0 Å². The smallest absolute Gasteiger partial charge is 0.0547 e. The molecule has 3 rings (SSSR count). The molecule has 5 heteroatoms. The van der Waals surface area contributed by atoms with E-state index in [4.69, 9.17) is 9.84 Å². The highest BCUT2D eigenvalue weighted by Crippen LogP contribution is 2.11. The molecule has 0 aromatic carbocycles. The molecule has 128 valence electrons. The van der Waals surface area contributed by atoms with Gasteiger partial charge in [-0.1, -0.05) is 13.0 Å². The number of nitrogens with zero attached hydrogens (tertiary/aromatic N) is 2. The lowest BCUT2D eigenvalue weighted by molar-refractivity contribution is 0.198. The Hall–Kier alpha value is -0.240. The fraction of sp³-hybridized carbons (Fsp3) is 0.706. The van der Waals surface area contributed by atoms with Gasteiger partial charge in [-0.3, -0.25) is 9.88 Å². The summed E-state index contributed by atoms with van der Waals surface area (Å²) in [7, 11) is 1.00. The van der Waals surface area contributed by atoms with E-state index in [9.17, 15) is 0 Å². The number of hydrogen-bond donors (Lipinski definition) is 1. The van der Waals surface area contributed by atoms with Gasteiger partial charge in [0.1, 0.15) is 0 Å². The molecule has 3 heterocycles. The van der Waals surface area contributed by atoms with Gasteiger partial charge in [-0.05, 0) is 57.3 Å². The Morgan fingerprint density at radius 3 is 2.14 bits per heavy atom. The monoisotopic (exact) mass is 422 g/mol. The standard InChI is InChI=1S/C12H18N2.C4H8O.CH4O.HI/c1-2-11-6-5-7-12(13-11)10-14-8-3-4-9-14;1-2-4-5-3-1;1-2;/h5-7H,2-4,8-10H2,1H3;1-4H2;2H,1H3;1H. The Morgan fingerprint density at radius 1 is 1.05 bits per heavy atom. The maximum Gasteiger partial charge on any atom is 0.0547 e. The van der Waals surface area contributed by atoms with E-state index in [2.05, 4.69) is 35.0 Å². The van der Waals surface area contributed by atoms with Crippen molar-refractivity contribution in [1.29, 1.82) is 0 Å². The minimum atomic E-state index is 0. The summed E-state index contributed by atoms with van der Waals surface area (Å²) in [6.07, 6.45) is 6.30. The molecule has 0 radical (unpaired) electrons. The van der Waals surface area contributed by atoms with E-state index in [0.717, 1.165) is 33.3 Å².